The van der Waals surface area contributed by atoms with E-state index < -0.39 is 0 Å². The average molecular weight is 324 g/mol. The topological polar surface area (TPSA) is 37.8 Å². The average Bonchev–Trinajstić information content (AvgIpc) is 2.41. The molecule has 0 fully saturated rings. The van der Waals surface area contributed by atoms with Gasteiger partial charge in [-0.15, -0.1) is 0 Å². The predicted octanol–water partition coefficient (Wildman–Crippen LogP) is 3.50. The van der Waals surface area contributed by atoms with Gasteiger partial charge < -0.3 is 5.32 Å². The van der Waals surface area contributed by atoms with Crippen molar-refractivity contribution in [2.75, 3.05) is 6.54 Å². The highest BCUT2D eigenvalue weighted by Crippen LogP contribution is 2.30. The summed E-state index contributed by atoms with van der Waals surface area (Å²) in [5, 5.41) is 4.01. The molecule has 0 saturated heterocycles. The van der Waals surface area contributed by atoms with Crippen LogP contribution in [0.3, 0.4) is 0 Å². The molecule has 94 valence electrons. The lowest BCUT2D eigenvalue weighted by molar-refractivity contribution is 0.716. The number of benzene rings is 1. The molecule has 2 rings (SSSR count). The number of nitrogens with one attached hydrogen (secondary N) is 1. The van der Waals surface area contributed by atoms with Gasteiger partial charge in [-0.25, -0.2) is 9.97 Å². The summed E-state index contributed by atoms with van der Waals surface area (Å²) in [4.78, 5) is 9.84. The van der Waals surface area contributed by atoms with Crippen molar-refractivity contribution in [3.63, 3.8) is 0 Å². The summed E-state index contributed by atoms with van der Waals surface area (Å²) in [5.74, 6) is 0. The summed E-state index contributed by atoms with van der Waals surface area (Å²) >= 11 is 5.07. The van der Waals surface area contributed by atoms with Gasteiger partial charge in [-0.2, -0.15) is 0 Å². The van der Waals surface area contributed by atoms with Crippen molar-refractivity contribution in [2.24, 2.45) is 0 Å². The highest BCUT2D eigenvalue weighted by atomic mass is 79.9. The number of halogens is 1. The number of rotatable bonds is 5. The Labute approximate surface area is 120 Å². The third-order valence-electron chi connectivity index (χ3n) is 2.30. The summed E-state index contributed by atoms with van der Waals surface area (Å²) in [6.45, 7) is 3.85. The number of hydrogen-bond acceptors (Lipinski definition) is 4. The first-order valence-corrected chi connectivity index (χ1v) is 7.34. The molecule has 1 aromatic carbocycles. The van der Waals surface area contributed by atoms with E-state index in [9.17, 15) is 0 Å². The Morgan fingerprint density at radius 3 is 2.61 bits per heavy atom. The number of hydrogen-bond donors (Lipinski definition) is 1. The quantitative estimate of drug-likeness (QED) is 0.854. The van der Waals surface area contributed by atoms with Crippen molar-refractivity contribution in [3.8, 4) is 0 Å². The van der Waals surface area contributed by atoms with Crippen LogP contribution in [0.2, 0.25) is 0 Å². The van der Waals surface area contributed by atoms with E-state index in [2.05, 4.69) is 38.1 Å². The SMILES string of the molecule is CCNCc1cnc(Sc2ccccc2Br)nc1. The first kappa shape index (κ1) is 13.5. The van der Waals surface area contributed by atoms with Crippen molar-refractivity contribution >= 4 is 27.7 Å². The van der Waals surface area contributed by atoms with Gasteiger partial charge in [0, 0.05) is 33.9 Å². The van der Waals surface area contributed by atoms with Crippen LogP contribution < -0.4 is 5.32 Å². The molecular weight excluding hydrogens is 310 g/mol. The van der Waals surface area contributed by atoms with Gasteiger partial charge in [-0.05, 0) is 46.4 Å². The van der Waals surface area contributed by atoms with E-state index in [1.54, 1.807) is 11.8 Å². The van der Waals surface area contributed by atoms with Crippen LogP contribution in [-0.4, -0.2) is 16.5 Å². The van der Waals surface area contributed by atoms with Crippen molar-refractivity contribution in [2.45, 2.75) is 23.5 Å². The van der Waals surface area contributed by atoms with E-state index in [-0.39, 0.29) is 0 Å². The smallest absolute Gasteiger partial charge is 0.192 e. The van der Waals surface area contributed by atoms with Gasteiger partial charge in [-0.3, -0.25) is 0 Å². The van der Waals surface area contributed by atoms with Crippen molar-refractivity contribution in [1.29, 1.82) is 0 Å². The van der Waals surface area contributed by atoms with Crippen molar-refractivity contribution in [1.82, 2.24) is 15.3 Å². The van der Waals surface area contributed by atoms with Gasteiger partial charge in [0.15, 0.2) is 5.16 Å². The lowest BCUT2D eigenvalue weighted by Crippen LogP contribution is -2.12. The first-order chi connectivity index (χ1) is 8.79. The van der Waals surface area contributed by atoms with Crippen LogP contribution in [0, 0.1) is 0 Å². The van der Waals surface area contributed by atoms with E-state index in [0.29, 0.717) is 0 Å². The Balaban J connectivity index is 2.04. The van der Waals surface area contributed by atoms with E-state index in [0.717, 1.165) is 33.2 Å². The maximum absolute atomic E-state index is 4.36. The van der Waals surface area contributed by atoms with Gasteiger partial charge in [0.25, 0.3) is 0 Å². The molecular formula is C13H14BrN3S. The summed E-state index contributed by atoms with van der Waals surface area (Å²) in [5.41, 5.74) is 1.10. The molecule has 1 aromatic heterocycles. The van der Waals surface area contributed by atoms with Gasteiger partial charge in [0.05, 0.1) is 0 Å². The van der Waals surface area contributed by atoms with E-state index in [1.165, 1.54) is 0 Å². The molecule has 0 radical (unpaired) electrons. The fraction of sp³-hybridized carbons (Fsp3) is 0.231. The highest BCUT2D eigenvalue weighted by Gasteiger charge is 2.03. The number of nitrogens with zero attached hydrogens (tertiary/aromatic N) is 2. The molecule has 0 spiro atoms. The molecule has 0 aliphatic rings. The minimum Gasteiger partial charge on any atom is -0.313 e. The summed E-state index contributed by atoms with van der Waals surface area (Å²) in [7, 11) is 0. The molecule has 18 heavy (non-hydrogen) atoms. The highest BCUT2D eigenvalue weighted by molar-refractivity contribution is 9.10. The fourth-order valence-electron chi connectivity index (χ4n) is 1.38. The van der Waals surface area contributed by atoms with Crippen LogP contribution in [0.15, 0.2) is 51.2 Å². The van der Waals surface area contributed by atoms with Crippen LogP contribution in [-0.2, 0) is 6.54 Å². The molecule has 0 bridgehead atoms. The summed E-state index contributed by atoms with van der Waals surface area (Å²) < 4.78 is 1.07. The third-order valence-corrected chi connectivity index (χ3v) is 4.22. The molecule has 0 amide bonds. The van der Waals surface area contributed by atoms with Crippen LogP contribution in [0.25, 0.3) is 0 Å². The van der Waals surface area contributed by atoms with Gasteiger partial charge in [0.1, 0.15) is 0 Å². The predicted molar refractivity (Wildman–Crippen MR) is 77.7 cm³/mol. The largest absolute Gasteiger partial charge is 0.313 e. The zero-order valence-corrected chi connectivity index (χ0v) is 12.5. The van der Waals surface area contributed by atoms with E-state index in [1.807, 2.05) is 36.7 Å². The minimum absolute atomic E-state index is 0.766. The van der Waals surface area contributed by atoms with Gasteiger partial charge >= 0.3 is 0 Å². The second kappa shape index (κ2) is 6.87. The first-order valence-electron chi connectivity index (χ1n) is 5.73. The zero-order chi connectivity index (χ0) is 12.8. The molecule has 0 unspecified atom stereocenters. The van der Waals surface area contributed by atoms with Crippen molar-refractivity contribution in [3.05, 3.63) is 46.7 Å². The molecule has 5 heteroatoms. The van der Waals surface area contributed by atoms with Crippen LogP contribution in [0.5, 0.6) is 0 Å². The Bertz CT molecular complexity index is 502. The normalized spacial score (nSPS) is 10.6. The Morgan fingerprint density at radius 1 is 1.22 bits per heavy atom. The van der Waals surface area contributed by atoms with Crippen molar-refractivity contribution < 1.29 is 0 Å². The maximum Gasteiger partial charge on any atom is 0.192 e. The van der Waals surface area contributed by atoms with Gasteiger partial charge in [0.2, 0.25) is 0 Å². The second-order valence-electron chi connectivity index (χ2n) is 3.69. The van der Waals surface area contributed by atoms with Crippen LogP contribution in [0.4, 0.5) is 0 Å². The standard InChI is InChI=1S/C13H14BrN3S/c1-2-15-7-10-8-16-13(17-9-10)18-12-6-4-3-5-11(12)14/h3-6,8-9,15H,2,7H2,1H3. The zero-order valence-electron chi connectivity index (χ0n) is 10.1. The lowest BCUT2D eigenvalue weighted by Gasteiger charge is -2.04. The lowest BCUT2D eigenvalue weighted by atomic mass is 10.3. The second-order valence-corrected chi connectivity index (χ2v) is 5.55. The monoisotopic (exact) mass is 323 g/mol. The van der Waals surface area contributed by atoms with Crippen LogP contribution in [0.1, 0.15) is 12.5 Å². The Morgan fingerprint density at radius 2 is 1.94 bits per heavy atom. The molecule has 0 aliphatic carbocycles. The van der Waals surface area contributed by atoms with Gasteiger partial charge in [-0.1, -0.05) is 19.1 Å². The Hall–Kier alpha value is -0.910. The molecule has 1 heterocycles. The molecule has 3 nitrogen and oxygen atoms in total. The number of aromatic nitrogens is 2. The maximum atomic E-state index is 4.36. The minimum atomic E-state index is 0.766. The van der Waals surface area contributed by atoms with E-state index >= 15 is 0 Å². The molecule has 0 aliphatic heterocycles. The molecule has 0 saturated carbocycles. The third kappa shape index (κ3) is 3.80. The Kier molecular flexibility index (Phi) is 5.16. The van der Waals surface area contributed by atoms with E-state index in [4.69, 9.17) is 0 Å². The summed E-state index contributed by atoms with van der Waals surface area (Å²) in [6, 6.07) is 8.06. The molecule has 1 N–H and O–H groups in total. The molecule has 0 atom stereocenters. The summed E-state index contributed by atoms with van der Waals surface area (Å²) in [6.07, 6.45) is 3.74. The molecule has 2 aromatic rings. The fourth-order valence-corrected chi connectivity index (χ4v) is 2.63. The van der Waals surface area contributed by atoms with Crippen LogP contribution >= 0.6 is 27.7 Å².